The Labute approximate surface area is 135 Å². The van der Waals surface area contributed by atoms with E-state index >= 15 is 0 Å². The van der Waals surface area contributed by atoms with Gasteiger partial charge in [-0.3, -0.25) is 4.98 Å². The molecule has 0 amide bonds. The van der Waals surface area contributed by atoms with Crippen LogP contribution in [-0.2, 0) is 10.0 Å². The van der Waals surface area contributed by atoms with Crippen LogP contribution in [0, 0.1) is 0 Å². The molecule has 0 spiro atoms. The number of nitrogens with one attached hydrogen (secondary N) is 2. The highest BCUT2D eigenvalue weighted by molar-refractivity contribution is 7.93. The molecular weight excluding hydrogens is 332 g/mol. The van der Waals surface area contributed by atoms with Crippen LogP contribution >= 0.6 is 0 Å². The van der Waals surface area contributed by atoms with E-state index in [-0.39, 0.29) is 16.6 Å². The highest BCUT2D eigenvalue weighted by atomic mass is 32.2. The summed E-state index contributed by atoms with van der Waals surface area (Å²) in [5, 5.41) is 19.2. The third-order valence-electron chi connectivity index (χ3n) is 3.91. The van der Waals surface area contributed by atoms with Crippen LogP contribution in [0.5, 0.6) is 0 Å². The molecule has 3 heterocycles. The largest absolute Gasteiger partial charge is 0.344 e. The molecule has 2 atom stereocenters. The third-order valence-corrected chi connectivity index (χ3v) is 4.96. The van der Waals surface area contributed by atoms with Crippen LogP contribution in [0.2, 0.25) is 0 Å². The molecule has 0 aromatic carbocycles. The summed E-state index contributed by atoms with van der Waals surface area (Å²) in [7, 11) is -3.94. The summed E-state index contributed by atoms with van der Waals surface area (Å²) < 4.78 is 24.0. The number of allylic oxidation sites excluding steroid dienone is 4. The van der Waals surface area contributed by atoms with Crippen molar-refractivity contribution in [1.82, 2.24) is 35.6 Å². The van der Waals surface area contributed by atoms with Gasteiger partial charge >= 0.3 is 0 Å². The number of tetrazole rings is 1. The molecule has 2 unspecified atom stereocenters. The standard InChI is InChI=1S/C13H12N8O2S/c14-24(22,23)9-3-1-2-7(10(9)12-18-20-21-19-12)8-6-17-13-11(8)15-4-5-16-13/h1-7,10H,(H,16,17)(H2,14,22,23)(H,18,19,20,21). The fourth-order valence-corrected chi connectivity index (χ4v) is 3.80. The topological polar surface area (TPSA) is 156 Å². The summed E-state index contributed by atoms with van der Waals surface area (Å²) in [6.07, 6.45) is 9.85. The normalized spacial score (nSPS) is 21.1. The number of hydrogen-bond donors (Lipinski definition) is 3. The highest BCUT2D eigenvalue weighted by Gasteiger charge is 2.37. The van der Waals surface area contributed by atoms with Crippen molar-refractivity contribution in [3.05, 3.63) is 53.1 Å². The van der Waals surface area contributed by atoms with E-state index in [1.807, 2.05) is 6.08 Å². The Morgan fingerprint density at radius 2 is 2.04 bits per heavy atom. The minimum Gasteiger partial charge on any atom is -0.344 e. The smallest absolute Gasteiger partial charge is 0.234 e. The Morgan fingerprint density at radius 3 is 2.79 bits per heavy atom. The number of aromatic nitrogens is 7. The molecule has 0 fully saturated rings. The zero-order valence-electron chi connectivity index (χ0n) is 12.2. The lowest BCUT2D eigenvalue weighted by atomic mass is 9.83. The Morgan fingerprint density at radius 1 is 1.21 bits per heavy atom. The maximum absolute atomic E-state index is 12.0. The van der Waals surface area contributed by atoms with Gasteiger partial charge in [0.2, 0.25) is 10.0 Å². The number of fused-ring (bicyclic) bond motifs is 1. The van der Waals surface area contributed by atoms with Crippen molar-refractivity contribution in [3.63, 3.8) is 0 Å². The van der Waals surface area contributed by atoms with Crippen molar-refractivity contribution in [2.45, 2.75) is 11.8 Å². The van der Waals surface area contributed by atoms with E-state index in [2.05, 4.69) is 35.6 Å². The summed E-state index contributed by atoms with van der Waals surface area (Å²) in [6.45, 7) is 0. The van der Waals surface area contributed by atoms with Crippen molar-refractivity contribution in [3.8, 4) is 0 Å². The zero-order valence-corrected chi connectivity index (χ0v) is 13.0. The minimum atomic E-state index is -3.94. The van der Waals surface area contributed by atoms with Gasteiger partial charge in [-0.05, 0) is 6.08 Å². The average Bonchev–Trinajstić information content (AvgIpc) is 3.23. The van der Waals surface area contributed by atoms with E-state index in [0.717, 1.165) is 5.56 Å². The number of rotatable bonds is 3. The molecule has 0 aliphatic heterocycles. The summed E-state index contributed by atoms with van der Waals surface area (Å²) in [6, 6.07) is 0. The second-order valence-corrected chi connectivity index (χ2v) is 6.83. The SMILES string of the molecule is NS(=O)(=O)C1=CC=CC(c2c[nH]c3nccnc23)C1c1nn[nH]n1. The van der Waals surface area contributed by atoms with Crippen LogP contribution in [0.3, 0.4) is 0 Å². The van der Waals surface area contributed by atoms with E-state index in [0.29, 0.717) is 11.2 Å². The number of sulfonamides is 1. The van der Waals surface area contributed by atoms with Crippen molar-refractivity contribution < 1.29 is 8.42 Å². The lowest BCUT2D eigenvalue weighted by Crippen LogP contribution is -2.25. The van der Waals surface area contributed by atoms with Gasteiger partial charge in [0.1, 0.15) is 5.52 Å². The maximum Gasteiger partial charge on any atom is 0.234 e. The number of nitrogens with zero attached hydrogens (tertiary/aromatic N) is 5. The summed E-state index contributed by atoms with van der Waals surface area (Å²) >= 11 is 0. The molecule has 4 rings (SSSR count). The van der Waals surface area contributed by atoms with E-state index in [4.69, 9.17) is 5.14 Å². The van der Waals surface area contributed by atoms with Gasteiger partial charge in [-0.2, -0.15) is 5.21 Å². The van der Waals surface area contributed by atoms with Gasteiger partial charge in [-0.1, -0.05) is 17.4 Å². The molecule has 3 aromatic rings. The van der Waals surface area contributed by atoms with Gasteiger partial charge in [0.15, 0.2) is 11.5 Å². The number of primary sulfonamides is 1. The number of hydrogen-bond acceptors (Lipinski definition) is 7. The van der Waals surface area contributed by atoms with Gasteiger partial charge in [-0.15, -0.1) is 10.2 Å². The molecule has 3 aromatic heterocycles. The molecule has 24 heavy (non-hydrogen) atoms. The van der Waals surface area contributed by atoms with Gasteiger partial charge in [0.05, 0.1) is 10.8 Å². The number of aromatic amines is 2. The fourth-order valence-electron chi connectivity index (χ4n) is 2.93. The molecule has 1 aliphatic carbocycles. The first-order valence-corrected chi connectivity index (χ1v) is 8.53. The molecule has 0 saturated heterocycles. The van der Waals surface area contributed by atoms with Gasteiger partial charge in [0, 0.05) is 30.1 Å². The Bertz CT molecular complexity index is 1050. The first-order chi connectivity index (χ1) is 11.6. The molecule has 11 heteroatoms. The lowest BCUT2D eigenvalue weighted by molar-refractivity contribution is 0.590. The molecule has 4 N–H and O–H groups in total. The van der Waals surface area contributed by atoms with E-state index in [1.54, 1.807) is 24.7 Å². The summed E-state index contributed by atoms with van der Waals surface area (Å²) in [5.74, 6) is -0.848. The molecule has 0 saturated carbocycles. The van der Waals surface area contributed by atoms with Crippen LogP contribution in [0.4, 0.5) is 0 Å². The van der Waals surface area contributed by atoms with Crippen LogP contribution < -0.4 is 5.14 Å². The summed E-state index contributed by atoms with van der Waals surface area (Å²) in [4.78, 5) is 11.6. The molecule has 122 valence electrons. The predicted octanol–water partition coefficient (Wildman–Crippen LogP) is 0.0806. The lowest BCUT2D eigenvalue weighted by Gasteiger charge is -2.25. The van der Waals surface area contributed by atoms with Gasteiger partial charge in [-0.25, -0.2) is 18.5 Å². The van der Waals surface area contributed by atoms with Gasteiger partial charge in [0.25, 0.3) is 0 Å². The highest BCUT2D eigenvalue weighted by Crippen LogP contribution is 2.43. The van der Waals surface area contributed by atoms with E-state index in [1.165, 1.54) is 6.08 Å². The quantitative estimate of drug-likeness (QED) is 0.607. The predicted molar refractivity (Wildman–Crippen MR) is 83.9 cm³/mol. The maximum atomic E-state index is 12.0. The van der Waals surface area contributed by atoms with E-state index in [9.17, 15) is 8.42 Å². The van der Waals surface area contributed by atoms with Crippen LogP contribution in [0.25, 0.3) is 11.2 Å². The number of nitrogens with two attached hydrogens (primary N) is 1. The van der Waals surface area contributed by atoms with Crippen molar-refractivity contribution in [2.24, 2.45) is 5.14 Å². The molecule has 1 aliphatic rings. The second kappa shape index (κ2) is 5.32. The van der Waals surface area contributed by atoms with Crippen LogP contribution in [0.15, 0.2) is 41.7 Å². The second-order valence-electron chi connectivity index (χ2n) is 5.27. The Kier molecular flexibility index (Phi) is 3.25. The third kappa shape index (κ3) is 2.30. The van der Waals surface area contributed by atoms with Gasteiger partial charge < -0.3 is 4.98 Å². The van der Waals surface area contributed by atoms with Crippen LogP contribution in [0.1, 0.15) is 23.2 Å². The molecule has 10 nitrogen and oxygen atoms in total. The minimum absolute atomic E-state index is 0.0228. The Hall–Kier alpha value is -2.92. The Balaban J connectivity index is 1.91. The first kappa shape index (κ1) is 14.7. The molecule has 0 bridgehead atoms. The molecule has 0 radical (unpaired) electrons. The van der Waals surface area contributed by atoms with Crippen molar-refractivity contribution >= 4 is 21.2 Å². The fraction of sp³-hybridized carbons (Fsp3) is 0.154. The van der Waals surface area contributed by atoms with Crippen molar-refractivity contribution in [1.29, 1.82) is 0 Å². The monoisotopic (exact) mass is 344 g/mol. The van der Waals surface area contributed by atoms with Crippen molar-refractivity contribution in [2.75, 3.05) is 0 Å². The first-order valence-electron chi connectivity index (χ1n) is 6.98. The summed E-state index contributed by atoms with van der Waals surface area (Å²) in [5.41, 5.74) is 2.04. The van der Waals surface area contributed by atoms with Crippen LogP contribution in [-0.4, -0.2) is 44.0 Å². The van der Waals surface area contributed by atoms with E-state index < -0.39 is 15.9 Å². The number of H-pyrrole nitrogens is 2. The molecular formula is C13H12N8O2S. The zero-order chi connectivity index (χ0) is 16.7. The average molecular weight is 344 g/mol.